The second-order valence-corrected chi connectivity index (χ2v) is 34.1. The minimum absolute atomic E-state index is 0.00206. The van der Waals surface area contributed by atoms with Crippen LogP contribution in [0.25, 0.3) is 44.1 Å². The molecule has 0 saturated carbocycles. The highest BCUT2D eigenvalue weighted by Crippen LogP contribution is 2.21. The molecular formula is C84H80Cl4N14O18S2. The number of H-pyrrole nitrogens is 1. The van der Waals surface area contributed by atoms with Gasteiger partial charge in [-0.15, -0.1) is 0 Å². The van der Waals surface area contributed by atoms with Crippen LogP contribution in [0.15, 0.2) is 214 Å². The van der Waals surface area contributed by atoms with Gasteiger partial charge in [-0.1, -0.05) is 94.9 Å². The maximum Gasteiger partial charge on any atom is 0.307 e. The molecule has 0 radical (unpaired) electrons. The van der Waals surface area contributed by atoms with Gasteiger partial charge in [-0.3, -0.25) is 71.2 Å². The Hall–Kier alpha value is -12.7. The van der Waals surface area contributed by atoms with Gasteiger partial charge in [0.15, 0.2) is 19.7 Å². The summed E-state index contributed by atoms with van der Waals surface area (Å²) in [5.41, 5.74) is 2.19. The van der Waals surface area contributed by atoms with Crippen molar-refractivity contribution in [1.29, 1.82) is 0 Å². The van der Waals surface area contributed by atoms with Crippen molar-refractivity contribution in [2.24, 2.45) is 0 Å². The fraction of sp³-hybridized carbons (Fsp3) is 0.238. The van der Waals surface area contributed by atoms with Crippen LogP contribution in [0.3, 0.4) is 0 Å². The molecule has 634 valence electrons. The molecule has 122 heavy (non-hydrogen) atoms. The molecular weight excluding hydrogens is 1700 g/mol. The van der Waals surface area contributed by atoms with Gasteiger partial charge in [0.05, 0.1) is 37.0 Å². The van der Waals surface area contributed by atoms with Crippen LogP contribution in [0.5, 0.6) is 0 Å². The molecule has 0 spiro atoms. The van der Waals surface area contributed by atoms with Crippen LogP contribution >= 0.6 is 46.4 Å². The van der Waals surface area contributed by atoms with Crippen molar-refractivity contribution >= 4 is 157 Å². The SMILES string of the molecule is COC(=O)CCn1c(=O)c(C(=O)NCc2ccc(Cl)cc2)cc2cccnc21.CS(=O)(=O)C1CCN(C(=O)C(=O)Cn2c(=O)c(C(=O)NCc3ccc(Cl)cc3)cc3cccnc32)C1.CS(=O)(=O)C1CCNC1.O=C(NCc1ccc(Cl)cc1)c1cc2cccnc2[nH]c1=O.O=C(O)CCn1c(=O)c(C(=O)NCc2ccc(Cl)cc2)cc2cccnc21. The number of halogens is 4. The number of Topliss-reactive ketones (excluding diaryl/α,β-unsaturated/α-hetero) is 1. The summed E-state index contributed by atoms with van der Waals surface area (Å²) in [6, 6.07) is 47.6. The number of aromatic amines is 1. The molecule has 2 fully saturated rings. The van der Waals surface area contributed by atoms with Crippen molar-refractivity contribution in [3.8, 4) is 0 Å². The van der Waals surface area contributed by atoms with Crippen LogP contribution < -0.4 is 48.8 Å². The molecule has 4 aromatic carbocycles. The van der Waals surface area contributed by atoms with Crippen molar-refractivity contribution < 1.29 is 65.0 Å². The number of carbonyl (C=O) groups excluding carboxylic acids is 7. The summed E-state index contributed by atoms with van der Waals surface area (Å²) >= 11 is 23.4. The van der Waals surface area contributed by atoms with Crippen molar-refractivity contribution in [2.45, 2.75) is 82.0 Å². The quantitative estimate of drug-likeness (QED) is 0.0235. The summed E-state index contributed by atoms with van der Waals surface area (Å²) in [6.07, 6.45) is 9.24. The van der Waals surface area contributed by atoms with Gasteiger partial charge in [0.1, 0.15) is 44.8 Å². The number of nitrogens with zero attached hydrogens (tertiary/aromatic N) is 8. The lowest BCUT2D eigenvalue weighted by molar-refractivity contribution is -0.144. The highest BCUT2D eigenvalue weighted by molar-refractivity contribution is 7.91. The van der Waals surface area contributed by atoms with E-state index in [0.29, 0.717) is 71.7 Å². The van der Waals surface area contributed by atoms with Crippen molar-refractivity contribution in [3.05, 3.63) is 301 Å². The number of benzene rings is 4. The third-order valence-electron chi connectivity index (χ3n) is 19.1. The Morgan fingerprint density at radius 3 is 1.20 bits per heavy atom. The number of aliphatic carboxylic acids is 1. The first-order chi connectivity index (χ1) is 58.2. The number of rotatable bonds is 23. The smallest absolute Gasteiger partial charge is 0.307 e. The number of amides is 5. The van der Waals surface area contributed by atoms with E-state index in [1.807, 2.05) is 12.1 Å². The van der Waals surface area contributed by atoms with Crippen LogP contribution in [-0.4, -0.2) is 169 Å². The van der Waals surface area contributed by atoms with Crippen molar-refractivity contribution in [1.82, 2.24) is 70.1 Å². The topological polar surface area (TPSA) is 448 Å². The third-order valence-corrected chi connectivity index (χ3v) is 23.3. The number of esters is 1. The number of carbonyl (C=O) groups is 8. The third kappa shape index (κ3) is 25.2. The van der Waals surface area contributed by atoms with E-state index >= 15 is 0 Å². The molecule has 10 heterocycles. The molecule has 12 aromatic rings. The Morgan fingerprint density at radius 1 is 0.475 bits per heavy atom. The first-order valence-corrected chi connectivity index (χ1v) is 42.9. The molecule has 2 aliphatic rings. The number of likely N-dealkylation sites (tertiary alicyclic amines) is 1. The number of sulfone groups is 2. The Bertz CT molecular complexity index is 6420. The van der Waals surface area contributed by atoms with Gasteiger partial charge in [-0.25, -0.2) is 36.8 Å². The zero-order chi connectivity index (χ0) is 88.0. The molecule has 0 aliphatic carbocycles. The van der Waals surface area contributed by atoms with Gasteiger partial charge < -0.3 is 46.3 Å². The summed E-state index contributed by atoms with van der Waals surface area (Å²) in [5, 5.41) is 26.6. The van der Waals surface area contributed by atoms with E-state index < -0.39 is 101 Å². The summed E-state index contributed by atoms with van der Waals surface area (Å²) in [7, 11) is -4.84. The largest absolute Gasteiger partial charge is 0.481 e. The van der Waals surface area contributed by atoms with Gasteiger partial charge in [-0.2, -0.15) is 0 Å². The summed E-state index contributed by atoms with van der Waals surface area (Å²) in [5.74, 6) is -5.39. The highest BCUT2D eigenvalue weighted by atomic mass is 35.5. The van der Waals surface area contributed by atoms with Gasteiger partial charge in [-0.05, 0) is 163 Å². The Balaban J connectivity index is 0.000000166. The van der Waals surface area contributed by atoms with Gasteiger partial charge in [0.2, 0.25) is 5.78 Å². The number of hydrogen-bond acceptors (Lipinski definition) is 22. The number of ether oxygens (including phenoxy) is 1. The number of fused-ring (bicyclic) bond motifs is 4. The average Bonchev–Trinajstić information content (AvgIpc) is 0.979. The first kappa shape index (κ1) is 91.6. The van der Waals surface area contributed by atoms with Gasteiger partial charge >= 0.3 is 11.9 Å². The number of hydrogen-bond donors (Lipinski definition) is 7. The van der Waals surface area contributed by atoms with E-state index in [1.54, 1.807) is 152 Å². The van der Waals surface area contributed by atoms with E-state index in [1.165, 1.54) is 58.0 Å². The first-order valence-electron chi connectivity index (χ1n) is 37.5. The standard InChI is InChI=1S/C24H23ClN4O6S.C20H18ClN3O4.C19H16ClN3O4.C16H12ClN3O2.C5H11NO2S/c1-36(34,35)18-8-10-28(13-18)24(33)20(30)14-29-21-16(3-2-9-26-21)11-19(23(29)32)22(31)27-12-15-4-6-17(25)7-5-15;1-28-17(25)8-10-24-18-14(3-2-9-22-18)11-16(20(24)27)19(26)23-12-13-4-6-15(21)7-5-13;20-14-5-3-12(4-6-14)11-22-18(26)15-10-13-2-1-8-21-17(13)23(19(15)27)9-7-16(24)25;17-12-5-3-10(4-6-12)9-19-15(21)13-8-11-2-1-7-18-14(11)20-16(13)22;1-9(7,8)5-2-3-6-4-5/h2-7,9,11,18H,8,10,12-14H2,1H3,(H,27,31);2-7,9,11H,8,10,12H2,1H3,(H,23,26);1-6,8,10H,7,9,11H2,(H,22,26)(H,24,25);1-8H,9H2,(H,19,21)(H,18,20,22);5-6H,2-4H2,1H3. The maximum atomic E-state index is 13.2. The molecule has 38 heteroatoms. The van der Waals surface area contributed by atoms with Crippen LogP contribution in [0.2, 0.25) is 20.1 Å². The average molecular weight is 1780 g/mol. The lowest BCUT2D eigenvalue weighted by atomic mass is 10.1. The number of carboxylic acids is 1. The van der Waals surface area contributed by atoms with E-state index in [2.05, 4.69) is 56.2 Å². The number of nitrogens with one attached hydrogen (secondary N) is 6. The van der Waals surface area contributed by atoms with Crippen LogP contribution in [0.1, 0.15) is 89.4 Å². The Kier molecular flexibility index (Phi) is 31.9. The summed E-state index contributed by atoms with van der Waals surface area (Å²) < 4.78 is 53.4. The second kappa shape index (κ2) is 42.5. The number of aryl methyl sites for hydroxylation is 2. The number of methoxy groups -OCH3 is 1. The molecule has 32 nitrogen and oxygen atoms in total. The van der Waals surface area contributed by atoms with Crippen molar-refractivity contribution in [3.63, 3.8) is 0 Å². The molecule has 2 saturated heterocycles. The molecule has 8 aromatic heterocycles. The Morgan fingerprint density at radius 2 is 0.836 bits per heavy atom. The molecule has 7 N–H and O–H groups in total. The van der Waals surface area contributed by atoms with E-state index in [0.717, 1.165) is 46.0 Å². The van der Waals surface area contributed by atoms with Gasteiger partial charge in [0.25, 0.3) is 51.8 Å². The fourth-order valence-corrected chi connectivity index (χ4v) is 15.0. The molecule has 2 aliphatic heterocycles. The van der Waals surface area contributed by atoms with E-state index in [4.69, 9.17) is 51.5 Å². The number of ketones is 1. The second-order valence-electron chi connectivity index (χ2n) is 27.7. The number of aromatic nitrogens is 8. The highest BCUT2D eigenvalue weighted by Gasteiger charge is 2.36. The maximum absolute atomic E-state index is 13.2. The number of pyridine rings is 8. The molecule has 2 unspecified atom stereocenters. The van der Waals surface area contributed by atoms with Gasteiger partial charge in [0, 0.05) is 138 Å². The fourth-order valence-electron chi connectivity index (χ4n) is 12.5. The van der Waals surface area contributed by atoms with E-state index in [-0.39, 0.29) is 98.2 Å². The lowest BCUT2D eigenvalue weighted by Crippen LogP contribution is -2.40. The zero-order valence-corrected chi connectivity index (χ0v) is 70.2. The van der Waals surface area contributed by atoms with Crippen LogP contribution in [0, 0.1) is 0 Å². The molecule has 5 amide bonds. The molecule has 0 bridgehead atoms. The minimum atomic E-state index is -3.35. The minimum Gasteiger partial charge on any atom is -0.481 e. The predicted molar refractivity (Wildman–Crippen MR) is 461 cm³/mol. The number of carboxylic acid groups (broad SMARTS) is 1. The van der Waals surface area contributed by atoms with Crippen LogP contribution in [0.4, 0.5) is 0 Å². The Labute approximate surface area is 716 Å². The summed E-state index contributed by atoms with van der Waals surface area (Å²) in [6.45, 7) is 1.85. The predicted octanol–water partition coefficient (Wildman–Crippen LogP) is 8.09. The molecule has 2 atom stereocenters. The van der Waals surface area contributed by atoms with Crippen LogP contribution in [-0.2, 0) is 89.4 Å². The summed E-state index contributed by atoms with van der Waals surface area (Å²) in [4.78, 5) is 169. The zero-order valence-electron chi connectivity index (χ0n) is 65.5. The van der Waals surface area contributed by atoms with Crippen molar-refractivity contribution in [2.75, 3.05) is 45.8 Å². The monoisotopic (exact) mass is 1780 g/mol. The molecule has 14 rings (SSSR count). The van der Waals surface area contributed by atoms with E-state index in [9.17, 15) is 74.4 Å². The lowest BCUT2D eigenvalue weighted by Gasteiger charge is -2.16. The normalized spacial score (nSPS) is 13.5.